The van der Waals surface area contributed by atoms with Crippen LogP contribution in [0.1, 0.15) is 32.4 Å². The van der Waals surface area contributed by atoms with E-state index < -0.39 is 0 Å². The van der Waals surface area contributed by atoms with Crippen molar-refractivity contribution in [3.63, 3.8) is 0 Å². The summed E-state index contributed by atoms with van der Waals surface area (Å²) in [5, 5.41) is 8.45. The van der Waals surface area contributed by atoms with Crippen molar-refractivity contribution < 1.29 is 0 Å². The molecule has 0 bridgehead atoms. The van der Waals surface area contributed by atoms with Gasteiger partial charge in [0.2, 0.25) is 0 Å². The van der Waals surface area contributed by atoms with Gasteiger partial charge in [0.15, 0.2) is 5.82 Å². The second-order valence-corrected chi connectivity index (χ2v) is 5.84. The molecule has 1 aromatic carbocycles. The molecule has 0 unspecified atom stereocenters. The molecule has 0 N–H and O–H groups in total. The van der Waals surface area contributed by atoms with E-state index in [2.05, 4.69) is 35.5 Å². The summed E-state index contributed by atoms with van der Waals surface area (Å²) in [6, 6.07) is 10.1. The number of benzene rings is 1. The van der Waals surface area contributed by atoms with Gasteiger partial charge in [0, 0.05) is 12.1 Å². The summed E-state index contributed by atoms with van der Waals surface area (Å²) in [6.45, 7) is 6.58. The molecule has 18 heavy (non-hydrogen) atoms. The number of alkyl halides is 1. The van der Waals surface area contributed by atoms with Gasteiger partial charge in [-0.05, 0) is 17.5 Å². The number of halogens is 1. The van der Waals surface area contributed by atoms with Crippen LogP contribution < -0.4 is 0 Å². The Morgan fingerprint density at radius 3 is 2.22 bits per heavy atom. The van der Waals surface area contributed by atoms with Crippen LogP contribution in [0.4, 0.5) is 0 Å². The Morgan fingerprint density at radius 1 is 1.06 bits per heavy atom. The van der Waals surface area contributed by atoms with Crippen LogP contribution in [0.2, 0.25) is 0 Å². The second-order valence-electron chi connectivity index (χ2n) is 5.57. The lowest BCUT2D eigenvalue weighted by Gasteiger charge is -2.18. The van der Waals surface area contributed by atoms with Gasteiger partial charge in [-0.2, -0.15) is 0 Å². The van der Waals surface area contributed by atoms with Gasteiger partial charge in [0.25, 0.3) is 0 Å². The Hall–Kier alpha value is -1.35. The van der Waals surface area contributed by atoms with Crippen molar-refractivity contribution in [3.05, 3.63) is 42.0 Å². The Morgan fingerprint density at radius 2 is 1.67 bits per heavy atom. The van der Waals surface area contributed by atoms with Crippen LogP contribution in [0.15, 0.2) is 30.3 Å². The molecule has 1 heterocycles. The van der Waals surface area contributed by atoms with Crippen LogP contribution in [-0.2, 0) is 12.3 Å². The van der Waals surface area contributed by atoms with Crippen molar-refractivity contribution in [3.8, 4) is 5.69 Å². The lowest BCUT2D eigenvalue weighted by atomic mass is 9.92. The minimum absolute atomic E-state index is 0.170. The van der Waals surface area contributed by atoms with E-state index in [4.69, 9.17) is 11.6 Å². The fourth-order valence-electron chi connectivity index (χ4n) is 1.90. The zero-order chi connectivity index (χ0) is 13.2. The predicted molar refractivity (Wildman–Crippen MR) is 74.1 cm³/mol. The van der Waals surface area contributed by atoms with Crippen LogP contribution in [0.5, 0.6) is 0 Å². The molecular formula is C14H18ClN3. The number of para-hydroxylation sites is 1. The summed E-state index contributed by atoms with van der Waals surface area (Å²) < 4.78 is 2.05. The third-order valence-corrected chi connectivity index (χ3v) is 2.86. The molecular weight excluding hydrogens is 246 g/mol. The molecule has 0 spiro atoms. The van der Waals surface area contributed by atoms with Crippen molar-refractivity contribution in [1.29, 1.82) is 0 Å². The summed E-state index contributed by atoms with van der Waals surface area (Å²) in [5.74, 6) is 2.12. The van der Waals surface area contributed by atoms with Crippen molar-refractivity contribution in [1.82, 2.24) is 14.8 Å². The van der Waals surface area contributed by atoms with Gasteiger partial charge in [0.1, 0.15) is 5.82 Å². The van der Waals surface area contributed by atoms with Gasteiger partial charge < -0.3 is 0 Å². The van der Waals surface area contributed by atoms with E-state index in [0.717, 1.165) is 23.8 Å². The summed E-state index contributed by atoms with van der Waals surface area (Å²) in [7, 11) is 0. The summed E-state index contributed by atoms with van der Waals surface area (Å²) in [4.78, 5) is 0. The largest absolute Gasteiger partial charge is 0.282 e. The zero-order valence-electron chi connectivity index (χ0n) is 11.0. The molecule has 2 aromatic rings. The van der Waals surface area contributed by atoms with Gasteiger partial charge >= 0.3 is 0 Å². The number of hydrogen-bond acceptors (Lipinski definition) is 2. The van der Waals surface area contributed by atoms with Crippen LogP contribution >= 0.6 is 11.6 Å². The zero-order valence-corrected chi connectivity index (χ0v) is 11.8. The fraction of sp³-hybridized carbons (Fsp3) is 0.429. The average molecular weight is 264 g/mol. The highest BCUT2D eigenvalue weighted by Crippen LogP contribution is 2.23. The first-order valence-electron chi connectivity index (χ1n) is 6.06. The minimum atomic E-state index is 0.170. The van der Waals surface area contributed by atoms with E-state index in [1.807, 2.05) is 30.3 Å². The van der Waals surface area contributed by atoms with E-state index in [-0.39, 0.29) is 5.41 Å². The molecule has 0 saturated carbocycles. The lowest BCUT2D eigenvalue weighted by molar-refractivity contribution is 0.397. The standard InChI is InChI=1S/C14H18ClN3/c1-14(2,3)9-12-16-17-13(10-15)18(12)11-7-5-4-6-8-11/h4-8H,9-10H2,1-3H3. The first-order valence-corrected chi connectivity index (χ1v) is 6.59. The topological polar surface area (TPSA) is 30.7 Å². The van der Waals surface area contributed by atoms with E-state index >= 15 is 0 Å². The first kappa shape index (κ1) is 13.1. The van der Waals surface area contributed by atoms with Crippen molar-refractivity contribution in [2.45, 2.75) is 33.1 Å². The summed E-state index contributed by atoms with van der Waals surface area (Å²) in [6.07, 6.45) is 0.867. The Labute approximate surface area is 113 Å². The number of aromatic nitrogens is 3. The quantitative estimate of drug-likeness (QED) is 0.793. The van der Waals surface area contributed by atoms with Gasteiger partial charge in [0.05, 0.1) is 5.88 Å². The Kier molecular flexibility index (Phi) is 3.71. The minimum Gasteiger partial charge on any atom is -0.282 e. The molecule has 0 atom stereocenters. The monoisotopic (exact) mass is 263 g/mol. The number of rotatable bonds is 3. The molecule has 0 aliphatic heterocycles. The molecule has 4 heteroatoms. The van der Waals surface area contributed by atoms with Crippen LogP contribution in [0, 0.1) is 5.41 Å². The SMILES string of the molecule is CC(C)(C)Cc1nnc(CCl)n1-c1ccccc1. The lowest BCUT2D eigenvalue weighted by Crippen LogP contribution is -2.14. The molecule has 0 saturated heterocycles. The smallest absolute Gasteiger partial charge is 0.152 e. The maximum absolute atomic E-state index is 5.94. The van der Waals surface area contributed by atoms with E-state index in [1.165, 1.54) is 0 Å². The molecule has 3 nitrogen and oxygen atoms in total. The molecule has 96 valence electrons. The van der Waals surface area contributed by atoms with Crippen LogP contribution in [0.25, 0.3) is 5.69 Å². The van der Waals surface area contributed by atoms with Gasteiger partial charge in [-0.3, -0.25) is 4.57 Å². The molecule has 1 aromatic heterocycles. The normalized spacial score (nSPS) is 11.8. The number of nitrogens with zero attached hydrogens (tertiary/aromatic N) is 3. The second kappa shape index (κ2) is 5.11. The molecule has 0 amide bonds. The first-order chi connectivity index (χ1) is 8.51. The summed E-state index contributed by atoms with van der Waals surface area (Å²) >= 11 is 5.94. The van der Waals surface area contributed by atoms with E-state index in [9.17, 15) is 0 Å². The molecule has 0 radical (unpaired) electrons. The molecule has 0 fully saturated rings. The fourth-order valence-corrected chi connectivity index (χ4v) is 2.08. The Bertz CT molecular complexity index is 512. The van der Waals surface area contributed by atoms with Crippen LogP contribution in [0.3, 0.4) is 0 Å². The third kappa shape index (κ3) is 2.91. The maximum atomic E-state index is 5.94. The highest BCUT2D eigenvalue weighted by atomic mass is 35.5. The molecule has 2 rings (SSSR count). The Balaban J connectivity index is 2.47. The van der Waals surface area contributed by atoms with Crippen molar-refractivity contribution in [2.75, 3.05) is 0 Å². The van der Waals surface area contributed by atoms with Crippen molar-refractivity contribution >= 4 is 11.6 Å². The van der Waals surface area contributed by atoms with Gasteiger partial charge in [-0.1, -0.05) is 39.0 Å². The van der Waals surface area contributed by atoms with Gasteiger partial charge in [-0.25, -0.2) is 0 Å². The number of hydrogen-bond donors (Lipinski definition) is 0. The van der Waals surface area contributed by atoms with E-state index in [0.29, 0.717) is 5.88 Å². The van der Waals surface area contributed by atoms with Gasteiger partial charge in [-0.15, -0.1) is 21.8 Å². The van der Waals surface area contributed by atoms with Crippen LogP contribution in [-0.4, -0.2) is 14.8 Å². The molecule has 0 aliphatic rings. The average Bonchev–Trinajstić information content (AvgIpc) is 2.70. The van der Waals surface area contributed by atoms with E-state index in [1.54, 1.807) is 0 Å². The third-order valence-electron chi connectivity index (χ3n) is 2.62. The predicted octanol–water partition coefficient (Wildman–Crippen LogP) is 3.59. The highest BCUT2D eigenvalue weighted by Gasteiger charge is 2.19. The molecule has 0 aliphatic carbocycles. The maximum Gasteiger partial charge on any atom is 0.152 e. The summed E-state index contributed by atoms with van der Waals surface area (Å²) in [5.41, 5.74) is 1.24. The highest BCUT2D eigenvalue weighted by molar-refractivity contribution is 6.16. The van der Waals surface area contributed by atoms with Crippen molar-refractivity contribution in [2.24, 2.45) is 5.41 Å².